The lowest BCUT2D eigenvalue weighted by atomic mass is 10.1. The zero-order valence-corrected chi connectivity index (χ0v) is 15.5. The zero-order chi connectivity index (χ0) is 18.1. The number of thiophene rings is 1. The van der Waals surface area contributed by atoms with E-state index < -0.39 is 5.82 Å². The molecule has 130 valence electrons. The lowest BCUT2D eigenvalue weighted by Gasteiger charge is -2.15. The van der Waals surface area contributed by atoms with Crippen LogP contribution in [0.3, 0.4) is 0 Å². The number of anilines is 4. The van der Waals surface area contributed by atoms with Crippen LogP contribution in [0.1, 0.15) is 5.56 Å². The standard InChI is InChI=1S/C20H15ClFN3S/c1-12-2-4-16-15(19(12)24-14-7-9-26-11-14)6-8-23-20(16)25-13-3-5-18(22)17(21)10-13/h2-11,24H,1H3,(H,23,25). The SMILES string of the molecule is Cc1ccc2c(Nc3ccc(F)c(Cl)c3)nccc2c1Nc1ccsc1. The summed E-state index contributed by atoms with van der Waals surface area (Å²) in [4.78, 5) is 4.45. The number of benzene rings is 2. The Labute approximate surface area is 159 Å². The average Bonchev–Trinajstić information content (AvgIpc) is 3.14. The highest BCUT2D eigenvalue weighted by molar-refractivity contribution is 7.08. The third-order valence-electron chi connectivity index (χ3n) is 4.13. The number of hydrogen-bond acceptors (Lipinski definition) is 4. The molecule has 0 amide bonds. The first kappa shape index (κ1) is 16.8. The quantitative estimate of drug-likeness (QED) is 0.403. The molecule has 0 spiro atoms. The molecule has 0 fully saturated rings. The van der Waals surface area contributed by atoms with Crippen molar-refractivity contribution in [2.45, 2.75) is 6.92 Å². The van der Waals surface area contributed by atoms with Gasteiger partial charge in [0.05, 0.1) is 5.02 Å². The molecule has 3 nitrogen and oxygen atoms in total. The third kappa shape index (κ3) is 3.23. The predicted octanol–water partition coefficient (Wildman–Crippen LogP) is 6.88. The maximum absolute atomic E-state index is 13.4. The number of nitrogens with zero attached hydrogens (tertiary/aromatic N) is 1. The van der Waals surface area contributed by atoms with E-state index in [1.165, 1.54) is 6.07 Å². The Hall–Kier alpha value is -2.63. The molecule has 2 heterocycles. The number of aromatic nitrogens is 1. The van der Waals surface area contributed by atoms with E-state index in [4.69, 9.17) is 11.6 Å². The van der Waals surface area contributed by atoms with Crippen molar-refractivity contribution >= 4 is 56.6 Å². The van der Waals surface area contributed by atoms with Crippen molar-refractivity contribution in [1.29, 1.82) is 0 Å². The van der Waals surface area contributed by atoms with Gasteiger partial charge in [0, 0.05) is 39.4 Å². The van der Waals surface area contributed by atoms with Gasteiger partial charge in [-0.25, -0.2) is 9.37 Å². The normalized spacial score (nSPS) is 10.9. The molecule has 0 aliphatic carbocycles. The summed E-state index contributed by atoms with van der Waals surface area (Å²) in [5, 5.41) is 12.9. The molecule has 0 radical (unpaired) electrons. The highest BCUT2D eigenvalue weighted by atomic mass is 35.5. The second-order valence-corrected chi connectivity index (χ2v) is 7.09. The zero-order valence-electron chi connectivity index (χ0n) is 13.9. The van der Waals surface area contributed by atoms with Crippen LogP contribution in [-0.2, 0) is 0 Å². The lowest BCUT2D eigenvalue weighted by Crippen LogP contribution is -1.98. The van der Waals surface area contributed by atoms with Gasteiger partial charge in [-0.1, -0.05) is 23.7 Å². The Morgan fingerprint density at radius 1 is 1.00 bits per heavy atom. The van der Waals surface area contributed by atoms with Gasteiger partial charge in [0.1, 0.15) is 11.6 Å². The highest BCUT2D eigenvalue weighted by Crippen LogP contribution is 2.34. The molecule has 0 saturated heterocycles. The second-order valence-electron chi connectivity index (χ2n) is 5.90. The number of rotatable bonds is 4. The van der Waals surface area contributed by atoms with Gasteiger partial charge in [-0.05, 0) is 48.2 Å². The van der Waals surface area contributed by atoms with Crippen LogP contribution in [0.5, 0.6) is 0 Å². The molecule has 6 heteroatoms. The van der Waals surface area contributed by atoms with Crippen molar-refractivity contribution in [3.05, 3.63) is 75.8 Å². The minimum Gasteiger partial charge on any atom is -0.354 e. The van der Waals surface area contributed by atoms with Crippen LogP contribution in [0.25, 0.3) is 10.8 Å². The van der Waals surface area contributed by atoms with Crippen molar-refractivity contribution in [1.82, 2.24) is 4.98 Å². The first-order valence-electron chi connectivity index (χ1n) is 8.01. The van der Waals surface area contributed by atoms with Gasteiger partial charge in [-0.15, -0.1) is 0 Å². The van der Waals surface area contributed by atoms with E-state index in [1.807, 2.05) is 23.6 Å². The summed E-state index contributed by atoms with van der Waals surface area (Å²) in [5.74, 6) is 0.250. The monoisotopic (exact) mass is 383 g/mol. The van der Waals surface area contributed by atoms with E-state index in [0.29, 0.717) is 11.5 Å². The molecule has 0 aliphatic rings. The minimum atomic E-state index is -0.444. The lowest BCUT2D eigenvalue weighted by molar-refractivity contribution is 0.628. The van der Waals surface area contributed by atoms with Gasteiger partial charge in [0.2, 0.25) is 0 Å². The van der Waals surface area contributed by atoms with Gasteiger partial charge in [-0.2, -0.15) is 11.3 Å². The summed E-state index contributed by atoms with van der Waals surface area (Å²) >= 11 is 7.53. The number of halogens is 2. The summed E-state index contributed by atoms with van der Waals surface area (Å²) < 4.78 is 13.4. The molecule has 2 aromatic heterocycles. The van der Waals surface area contributed by atoms with Crippen LogP contribution < -0.4 is 10.6 Å². The van der Waals surface area contributed by atoms with E-state index in [-0.39, 0.29) is 5.02 Å². The molecule has 2 aromatic carbocycles. The summed E-state index contributed by atoms with van der Waals surface area (Å²) in [6, 6.07) is 12.6. The fourth-order valence-electron chi connectivity index (χ4n) is 2.82. The smallest absolute Gasteiger partial charge is 0.141 e. The number of fused-ring (bicyclic) bond motifs is 1. The Morgan fingerprint density at radius 3 is 2.65 bits per heavy atom. The third-order valence-corrected chi connectivity index (χ3v) is 5.10. The molecule has 0 bridgehead atoms. The maximum atomic E-state index is 13.4. The molecule has 4 aromatic rings. The van der Waals surface area contributed by atoms with Crippen molar-refractivity contribution in [2.75, 3.05) is 10.6 Å². The first-order valence-corrected chi connectivity index (χ1v) is 9.33. The summed E-state index contributed by atoms with van der Waals surface area (Å²) in [6.45, 7) is 2.07. The Bertz CT molecular complexity index is 1080. The number of hydrogen-bond donors (Lipinski definition) is 2. The van der Waals surface area contributed by atoms with Gasteiger partial charge < -0.3 is 10.6 Å². The summed E-state index contributed by atoms with van der Waals surface area (Å²) in [5.41, 5.74) is 3.93. The molecule has 4 rings (SSSR count). The topological polar surface area (TPSA) is 37.0 Å². The van der Waals surface area contributed by atoms with Gasteiger partial charge >= 0.3 is 0 Å². The molecular weight excluding hydrogens is 369 g/mol. The van der Waals surface area contributed by atoms with Gasteiger partial charge in [0.15, 0.2) is 0 Å². The van der Waals surface area contributed by atoms with Crippen molar-refractivity contribution in [2.24, 2.45) is 0 Å². The Morgan fingerprint density at radius 2 is 1.88 bits per heavy atom. The number of nitrogens with one attached hydrogen (secondary N) is 2. The van der Waals surface area contributed by atoms with E-state index >= 15 is 0 Å². The fourth-order valence-corrected chi connectivity index (χ4v) is 3.59. The number of pyridine rings is 1. The maximum Gasteiger partial charge on any atom is 0.141 e. The second kappa shape index (κ2) is 6.94. The van der Waals surface area contributed by atoms with Crippen LogP contribution in [0.2, 0.25) is 5.02 Å². The van der Waals surface area contributed by atoms with Crippen LogP contribution in [0.15, 0.2) is 59.4 Å². The highest BCUT2D eigenvalue weighted by Gasteiger charge is 2.10. The minimum absolute atomic E-state index is 0.0749. The Kier molecular flexibility index (Phi) is 4.49. The average molecular weight is 384 g/mol. The molecule has 0 saturated carbocycles. The van der Waals surface area contributed by atoms with E-state index in [2.05, 4.69) is 34.0 Å². The molecule has 26 heavy (non-hydrogen) atoms. The molecule has 0 atom stereocenters. The molecule has 2 N–H and O–H groups in total. The van der Waals surface area contributed by atoms with Gasteiger partial charge in [-0.3, -0.25) is 0 Å². The molecule has 0 unspecified atom stereocenters. The van der Waals surface area contributed by atoms with Gasteiger partial charge in [0.25, 0.3) is 0 Å². The fraction of sp³-hybridized carbons (Fsp3) is 0.0500. The van der Waals surface area contributed by atoms with Crippen LogP contribution in [0.4, 0.5) is 27.3 Å². The van der Waals surface area contributed by atoms with E-state index in [0.717, 1.165) is 27.7 Å². The largest absolute Gasteiger partial charge is 0.354 e. The van der Waals surface area contributed by atoms with E-state index in [1.54, 1.807) is 29.7 Å². The summed E-state index contributed by atoms with van der Waals surface area (Å²) in [6.07, 6.45) is 1.76. The summed E-state index contributed by atoms with van der Waals surface area (Å²) in [7, 11) is 0. The molecule has 0 aliphatic heterocycles. The predicted molar refractivity (Wildman–Crippen MR) is 109 cm³/mol. The van der Waals surface area contributed by atoms with Crippen molar-refractivity contribution in [3.63, 3.8) is 0 Å². The number of aryl methyl sites for hydroxylation is 1. The van der Waals surface area contributed by atoms with E-state index in [9.17, 15) is 4.39 Å². The Balaban J connectivity index is 1.78. The van der Waals surface area contributed by atoms with Crippen molar-refractivity contribution < 1.29 is 4.39 Å². The first-order chi connectivity index (χ1) is 12.6. The van der Waals surface area contributed by atoms with Crippen molar-refractivity contribution in [3.8, 4) is 0 Å². The van der Waals surface area contributed by atoms with Crippen LogP contribution in [-0.4, -0.2) is 4.98 Å². The molecular formula is C20H15ClFN3S. The van der Waals surface area contributed by atoms with Crippen LogP contribution >= 0.6 is 22.9 Å². The van der Waals surface area contributed by atoms with Crippen LogP contribution in [0, 0.1) is 12.7 Å².